The van der Waals surface area contributed by atoms with Crippen LogP contribution in [0.25, 0.3) is 0 Å². The molecule has 0 saturated carbocycles. The summed E-state index contributed by atoms with van der Waals surface area (Å²) in [5.41, 5.74) is 1.08. The number of thiophene rings is 1. The molecule has 1 N–H and O–H groups in total. The van der Waals surface area contributed by atoms with Crippen LogP contribution >= 0.6 is 23.1 Å². The quantitative estimate of drug-likeness (QED) is 0.639. The summed E-state index contributed by atoms with van der Waals surface area (Å²) in [5.74, 6) is 0.283. The van der Waals surface area contributed by atoms with E-state index in [1.807, 2.05) is 52.4 Å². The number of hydrogen-bond donors (Lipinski definition) is 1. The smallest absolute Gasteiger partial charge is 0.231 e. The largest absolute Gasteiger partial charge is 0.344 e. The summed E-state index contributed by atoms with van der Waals surface area (Å²) in [7, 11) is 0. The molecule has 0 aliphatic rings. The van der Waals surface area contributed by atoms with Crippen LogP contribution in [0.3, 0.4) is 0 Å². The topological polar surface area (TPSA) is 59.8 Å². The van der Waals surface area contributed by atoms with Gasteiger partial charge >= 0.3 is 0 Å². The first-order valence-electron chi connectivity index (χ1n) is 8.05. The van der Waals surface area contributed by atoms with Crippen LogP contribution in [0.4, 0.5) is 0 Å². The number of carbonyl (C=O) groups is 1. The van der Waals surface area contributed by atoms with Crippen LogP contribution in [-0.2, 0) is 4.79 Å². The van der Waals surface area contributed by atoms with E-state index in [1.54, 1.807) is 17.7 Å². The van der Waals surface area contributed by atoms with Gasteiger partial charge in [0.25, 0.3) is 0 Å². The summed E-state index contributed by atoms with van der Waals surface area (Å²) in [5, 5.41) is 14.0. The Kier molecular flexibility index (Phi) is 5.88. The van der Waals surface area contributed by atoms with Crippen molar-refractivity contribution >= 4 is 29.0 Å². The molecule has 0 bridgehead atoms. The first kappa shape index (κ1) is 17.7. The van der Waals surface area contributed by atoms with Gasteiger partial charge in [-0.2, -0.15) is 0 Å². The lowest BCUT2D eigenvalue weighted by atomic mass is 10.1. The zero-order valence-electron chi connectivity index (χ0n) is 14.1. The van der Waals surface area contributed by atoms with Crippen molar-refractivity contribution in [3.8, 4) is 0 Å². The lowest BCUT2D eigenvalue weighted by molar-refractivity contribution is -0.119. The third-order valence-electron chi connectivity index (χ3n) is 3.69. The average Bonchev–Trinajstić information content (AvgIpc) is 3.30. The fourth-order valence-corrected chi connectivity index (χ4v) is 4.10. The van der Waals surface area contributed by atoms with E-state index < -0.39 is 0 Å². The fraction of sp³-hybridized carbons (Fsp3) is 0.278. The Morgan fingerprint density at radius 1 is 1.24 bits per heavy atom. The summed E-state index contributed by atoms with van der Waals surface area (Å²) in [4.78, 5) is 13.6. The second-order valence-electron chi connectivity index (χ2n) is 5.83. The van der Waals surface area contributed by atoms with Crippen molar-refractivity contribution in [3.05, 3.63) is 64.6 Å². The van der Waals surface area contributed by atoms with Gasteiger partial charge < -0.3 is 9.88 Å². The van der Waals surface area contributed by atoms with Gasteiger partial charge in [-0.3, -0.25) is 4.79 Å². The highest BCUT2D eigenvalue weighted by atomic mass is 32.2. The van der Waals surface area contributed by atoms with Crippen molar-refractivity contribution < 1.29 is 4.79 Å². The van der Waals surface area contributed by atoms with Crippen LogP contribution < -0.4 is 5.32 Å². The molecule has 5 nitrogen and oxygen atoms in total. The van der Waals surface area contributed by atoms with Crippen molar-refractivity contribution in [3.63, 3.8) is 0 Å². The van der Waals surface area contributed by atoms with Crippen molar-refractivity contribution in [2.24, 2.45) is 0 Å². The van der Waals surface area contributed by atoms with Gasteiger partial charge in [-0.05, 0) is 30.9 Å². The van der Waals surface area contributed by atoms with Crippen LogP contribution in [0, 0.1) is 0 Å². The van der Waals surface area contributed by atoms with Gasteiger partial charge in [-0.15, -0.1) is 21.5 Å². The Hall–Kier alpha value is -2.12. The van der Waals surface area contributed by atoms with E-state index in [1.165, 1.54) is 11.8 Å². The molecule has 3 aromatic rings. The highest BCUT2D eigenvalue weighted by Gasteiger charge is 2.18. The molecule has 1 atom stereocenters. The third-order valence-corrected chi connectivity index (χ3v) is 5.59. The second kappa shape index (κ2) is 8.31. The molecule has 3 rings (SSSR count). The lowest BCUT2D eigenvalue weighted by Crippen LogP contribution is -2.30. The zero-order chi connectivity index (χ0) is 17.6. The molecule has 25 heavy (non-hydrogen) atoms. The molecule has 1 amide bonds. The normalized spacial score (nSPS) is 12.3. The lowest BCUT2D eigenvalue weighted by Gasteiger charge is -2.18. The van der Waals surface area contributed by atoms with E-state index in [2.05, 4.69) is 29.4 Å². The highest BCUT2D eigenvalue weighted by Crippen LogP contribution is 2.26. The Labute approximate surface area is 155 Å². The molecular weight excluding hydrogens is 352 g/mol. The number of thioether (sulfide) groups is 1. The van der Waals surface area contributed by atoms with Crippen molar-refractivity contribution in [1.82, 2.24) is 20.1 Å². The SMILES string of the molecule is CC(C)n1cnnc1SCC(=O)N[C@H](c1ccccc1)c1cccs1. The van der Waals surface area contributed by atoms with Crippen LogP contribution in [0.5, 0.6) is 0 Å². The number of hydrogen-bond acceptors (Lipinski definition) is 5. The van der Waals surface area contributed by atoms with Gasteiger partial charge in [-0.1, -0.05) is 48.2 Å². The monoisotopic (exact) mass is 372 g/mol. The zero-order valence-corrected chi connectivity index (χ0v) is 15.8. The third kappa shape index (κ3) is 4.49. The number of aromatic nitrogens is 3. The van der Waals surface area contributed by atoms with Gasteiger partial charge in [0.15, 0.2) is 5.16 Å². The molecule has 1 aromatic carbocycles. The van der Waals surface area contributed by atoms with Gasteiger partial charge in [0.05, 0.1) is 11.8 Å². The minimum atomic E-state index is -0.128. The maximum absolute atomic E-state index is 12.5. The van der Waals surface area contributed by atoms with Gasteiger partial charge in [0, 0.05) is 10.9 Å². The predicted octanol–water partition coefficient (Wildman–Crippen LogP) is 3.92. The minimum Gasteiger partial charge on any atom is -0.344 e. The molecule has 0 spiro atoms. The second-order valence-corrected chi connectivity index (χ2v) is 7.75. The molecule has 0 fully saturated rings. The van der Waals surface area contributed by atoms with Gasteiger partial charge in [0.1, 0.15) is 6.33 Å². The summed E-state index contributed by atoms with van der Waals surface area (Å²) >= 11 is 3.05. The van der Waals surface area contributed by atoms with Crippen molar-refractivity contribution in [1.29, 1.82) is 0 Å². The molecule has 0 saturated heterocycles. The van der Waals surface area contributed by atoms with E-state index in [9.17, 15) is 4.79 Å². The van der Waals surface area contributed by atoms with Crippen molar-refractivity contribution in [2.45, 2.75) is 31.1 Å². The van der Waals surface area contributed by atoms with E-state index in [-0.39, 0.29) is 18.0 Å². The van der Waals surface area contributed by atoms with Gasteiger partial charge in [-0.25, -0.2) is 0 Å². The number of nitrogens with one attached hydrogen (secondary N) is 1. The van der Waals surface area contributed by atoms with E-state index in [4.69, 9.17) is 0 Å². The molecule has 0 unspecified atom stereocenters. The first-order valence-corrected chi connectivity index (χ1v) is 9.91. The van der Waals surface area contributed by atoms with Crippen LogP contribution in [0.2, 0.25) is 0 Å². The molecule has 2 aromatic heterocycles. The Bertz CT molecular complexity index is 800. The molecular formula is C18H20N4OS2. The molecule has 7 heteroatoms. The summed E-state index contributed by atoms with van der Waals surface area (Å²) in [6.07, 6.45) is 1.70. The van der Waals surface area contributed by atoms with E-state index >= 15 is 0 Å². The molecule has 0 aliphatic heterocycles. The predicted molar refractivity (Wildman–Crippen MR) is 102 cm³/mol. The highest BCUT2D eigenvalue weighted by molar-refractivity contribution is 7.99. The summed E-state index contributed by atoms with van der Waals surface area (Å²) in [6.45, 7) is 4.13. The van der Waals surface area contributed by atoms with E-state index in [0.717, 1.165) is 15.6 Å². The number of carbonyl (C=O) groups excluding carboxylic acids is 1. The number of amides is 1. The van der Waals surface area contributed by atoms with E-state index in [0.29, 0.717) is 5.75 Å². The summed E-state index contributed by atoms with van der Waals surface area (Å²) in [6, 6.07) is 14.2. The van der Waals surface area contributed by atoms with Crippen LogP contribution in [0.15, 0.2) is 59.3 Å². The number of rotatable bonds is 7. The van der Waals surface area contributed by atoms with Crippen LogP contribution in [-0.4, -0.2) is 26.4 Å². The van der Waals surface area contributed by atoms with Crippen molar-refractivity contribution in [2.75, 3.05) is 5.75 Å². The minimum absolute atomic E-state index is 0.0226. The molecule has 0 aliphatic carbocycles. The Morgan fingerprint density at radius 3 is 2.72 bits per heavy atom. The van der Waals surface area contributed by atoms with Gasteiger partial charge in [0.2, 0.25) is 5.91 Å². The molecule has 0 radical (unpaired) electrons. The number of nitrogens with zero attached hydrogens (tertiary/aromatic N) is 3. The molecule has 2 heterocycles. The summed E-state index contributed by atoms with van der Waals surface area (Å²) < 4.78 is 1.96. The Balaban J connectivity index is 1.68. The van der Waals surface area contributed by atoms with Crippen LogP contribution in [0.1, 0.15) is 36.4 Å². The maximum Gasteiger partial charge on any atom is 0.231 e. The first-order chi connectivity index (χ1) is 12.1. The number of benzene rings is 1. The standard InChI is InChI=1S/C18H20N4OS2/c1-13(2)22-12-19-21-18(22)25-11-16(23)20-17(15-9-6-10-24-15)14-7-4-3-5-8-14/h3-10,12-13,17H,11H2,1-2H3,(H,20,23)/t17-/m1/s1. The Morgan fingerprint density at radius 2 is 2.04 bits per heavy atom. The fourth-order valence-electron chi connectivity index (χ4n) is 2.44. The maximum atomic E-state index is 12.5. The average molecular weight is 373 g/mol. The molecule has 130 valence electrons.